The van der Waals surface area contributed by atoms with Crippen LogP contribution >= 0.6 is 22.9 Å². The summed E-state index contributed by atoms with van der Waals surface area (Å²) in [4.78, 5) is 10.7. The third-order valence-corrected chi connectivity index (χ3v) is 6.51. The molecule has 7 nitrogen and oxygen atoms in total. The van der Waals surface area contributed by atoms with Crippen LogP contribution < -0.4 is 0 Å². The molecule has 2 N–H and O–H groups in total. The fourth-order valence-corrected chi connectivity index (χ4v) is 4.94. The van der Waals surface area contributed by atoms with E-state index in [1.165, 1.54) is 11.3 Å². The summed E-state index contributed by atoms with van der Waals surface area (Å²) >= 11 is 7.58. The first-order chi connectivity index (χ1) is 13.6. The summed E-state index contributed by atoms with van der Waals surface area (Å²) in [5.74, 6) is 0.888. The van der Waals surface area contributed by atoms with Crippen LogP contribution in [0, 0.1) is 0 Å². The van der Waals surface area contributed by atoms with E-state index in [0.717, 1.165) is 48.9 Å². The summed E-state index contributed by atoms with van der Waals surface area (Å²) in [6.45, 7) is 6.33. The molecular formula is C19H24ClN5O2S. The van der Waals surface area contributed by atoms with Gasteiger partial charge >= 0.3 is 0 Å². The van der Waals surface area contributed by atoms with E-state index >= 15 is 0 Å². The molecule has 1 aromatic carbocycles. The van der Waals surface area contributed by atoms with Gasteiger partial charge in [0.15, 0.2) is 5.82 Å². The molecule has 4 rings (SSSR count). The van der Waals surface area contributed by atoms with Crippen LogP contribution in [0.25, 0.3) is 4.96 Å². The minimum Gasteiger partial charge on any atom is -0.492 e. The lowest BCUT2D eigenvalue weighted by Gasteiger charge is -2.39. The van der Waals surface area contributed by atoms with E-state index in [0.29, 0.717) is 16.5 Å². The summed E-state index contributed by atoms with van der Waals surface area (Å²) in [7, 11) is 0. The molecule has 3 heterocycles. The van der Waals surface area contributed by atoms with Crippen LogP contribution in [0.5, 0.6) is 5.88 Å². The van der Waals surface area contributed by atoms with Gasteiger partial charge in [0.25, 0.3) is 0 Å². The zero-order chi connectivity index (χ0) is 19.7. The molecular weight excluding hydrogens is 398 g/mol. The number of aliphatic hydroxyl groups excluding tert-OH is 1. The molecule has 1 aliphatic rings. The molecule has 0 unspecified atom stereocenters. The minimum atomic E-state index is -0.0906. The quantitative estimate of drug-likeness (QED) is 0.636. The molecule has 1 saturated heterocycles. The predicted octanol–water partition coefficient (Wildman–Crippen LogP) is 2.41. The molecule has 1 aliphatic heterocycles. The lowest BCUT2D eigenvalue weighted by atomic mass is 10.0. The van der Waals surface area contributed by atoms with Gasteiger partial charge in [0, 0.05) is 44.2 Å². The third kappa shape index (κ3) is 3.75. The van der Waals surface area contributed by atoms with Gasteiger partial charge in [-0.25, -0.2) is 4.98 Å². The maximum absolute atomic E-state index is 10.9. The molecule has 0 aliphatic carbocycles. The van der Waals surface area contributed by atoms with Crippen LogP contribution in [0.4, 0.5) is 0 Å². The van der Waals surface area contributed by atoms with Crippen LogP contribution in [-0.4, -0.2) is 73.9 Å². The van der Waals surface area contributed by atoms with Crippen molar-refractivity contribution in [1.29, 1.82) is 0 Å². The standard InChI is InChI=1S/C19H24ClN5O2S/c1-2-15-21-19-25(22-15)18(27)17(28-19)16(13-3-5-14(20)6-4-13)24-9-7-23(8-10-24)11-12-26/h3-6,16,26-27H,2,7-12H2,1H3/t16-/m0/s1. The van der Waals surface area contributed by atoms with Crippen molar-refractivity contribution in [2.75, 3.05) is 39.3 Å². The van der Waals surface area contributed by atoms with Crippen LogP contribution in [0.2, 0.25) is 5.02 Å². The number of nitrogens with zero attached hydrogens (tertiary/aromatic N) is 5. The Kier molecular flexibility index (Phi) is 5.84. The van der Waals surface area contributed by atoms with Crippen molar-refractivity contribution in [1.82, 2.24) is 24.4 Å². The molecule has 150 valence electrons. The molecule has 3 aromatic rings. The van der Waals surface area contributed by atoms with Crippen molar-refractivity contribution in [3.05, 3.63) is 45.6 Å². The van der Waals surface area contributed by atoms with E-state index in [1.54, 1.807) is 4.52 Å². The van der Waals surface area contributed by atoms with Crippen molar-refractivity contribution in [2.45, 2.75) is 19.4 Å². The van der Waals surface area contributed by atoms with Gasteiger partial charge in [0.05, 0.1) is 17.5 Å². The zero-order valence-electron chi connectivity index (χ0n) is 15.8. The number of hydrogen-bond donors (Lipinski definition) is 2. The average molecular weight is 422 g/mol. The SMILES string of the molecule is CCc1nc2sc([C@H](c3ccc(Cl)cc3)N3CCN(CCO)CC3)c(O)n2n1. The Morgan fingerprint density at radius 3 is 2.50 bits per heavy atom. The summed E-state index contributed by atoms with van der Waals surface area (Å²) in [5, 5.41) is 25.2. The van der Waals surface area contributed by atoms with Crippen LogP contribution in [0.3, 0.4) is 0 Å². The monoisotopic (exact) mass is 421 g/mol. The Bertz CT molecular complexity index is 934. The van der Waals surface area contributed by atoms with Gasteiger partial charge in [-0.1, -0.05) is 42.0 Å². The number of aryl methyl sites for hydroxylation is 1. The van der Waals surface area contributed by atoms with Crippen molar-refractivity contribution >= 4 is 27.9 Å². The fraction of sp³-hybridized carbons (Fsp3) is 0.474. The molecule has 1 fully saturated rings. The summed E-state index contributed by atoms with van der Waals surface area (Å²) in [5.41, 5.74) is 1.08. The first-order valence-corrected chi connectivity index (χ1v) is 10.7. The van der Waals surface area contributed by atoms with Crippen molar-refractivity contribution in [3.8, 4) is 5.88 Å². The first-order valence-electron chi connectivity index (χ1n) is 9.50. The highest BCUT2D eigenvalue weighted by atomic mass is 35.5. The molecule has 0 spiro atoms. The van der Waals surface area contributed by atoms with Gasteiger partial charge in [0.2, 0.25) is 10.8 Å². The highest BCUT2D eigenvalue weighted by molar-refractivity contribution is 7.17. The topological polar surface area (TPSA) is 77.1 Å². The zero-order valence-corrected chi connectivity index (χ0v) is 17.3. The lowest BCUT2D eigenvalue weighted by Crippen LogP contribution is -2.48. The number of hydrogen-bond acceptors (Lipinski definition) is 7. The van der Waals surface area contributed by atoms with Crippen molar-refractivity contribution in [3.63, 3.8) is 0 Å². The number of rotatable bonds is 6. The Balaban J connectivity index is 1.70. The largest absolute Gasteiger partial charge is 0.492 e. The number of aromatic hydroxyl groups is 1. The average Bonchev–Trinajstić information content (AvgIpc) is 3.24. The van der Waals surface area contributed by atoms with Gasteiger partial charge < -0.3 is 10.2 Å². The van der Waals surface area contributed by atoms with Crippen molar-refractivity contribution < 1.29 is 10.2 Å². The second-order valence-corrected chi connectivity index (χ2v) is 8.37. The Morgan fingerprint density at radius 1 is 1.18 bits per heavy atom. The number of halogens is 1. The molecule has 0 saturated carbocycles. The molecule has 0 radical (unpaired) electrons. The van der Waals surface area contributed by atoms with E-state index in [1.807, 2.05) is 31.2 Å². The van der Waals surface area contributed by atoms with Gasteiger partial charge in [-0.3, -0.25) is 9.80 Å². The predicted molar refractivity (Wildman–Crippen MR) is 110 cm³/mol. The number of β-amino-alcohol motifs (C(OH)–C–C–N with tert-alkyl or cyclic N) is 1. The molecule has 0 amide bonds. The fourth-order valence-electron chi connectivity index (χ4n) is 3.68. The maximum atomic E-state index is 10.9. The van der Waals surface area contributed by atoms with Gasteiger partial charge in [0.1, 0.15) is 0 Å². The summed E-state index contributed by atoms with van der Waals surface area (Å²) in [6, 6.07) is 7.71. The van der Waals surface area contributed by atoms with Gasteiger partial charge in [-0.2, -0.15) is 4.52 Å². The molecule has 28 heavy (non-hydrogen) atoms. The maximum Gasteiger partial charge on any atom is 0.230 e. The summed E-state index contributed by atoms with van der Waals surface area (Å²) in [6.07, 6.45) is 0.733. The normalized spacial score (nSPS) is 17.4. The summed E-state index contributed by atoms with van der Waals surface area (Å²) < 4.78 is 1.55. The second kappa shape index (κ2) is 8.34. The minimum absolute atomic E-state index is 0.0906. The highest BCUT2D eigenvalue weighted by Gasteiger charge is 2.31. The Morgan fingerprint density at radius 2 is 1.89 bits per heavy atom. The second-order valence-electron chi connectivity index (χ2n) is 6.92. The molecule has 0 bridgehead atoms. The van der Waals surface area contributed by atoms with Crippen LogP contribution in [0.15, 0.2) is 24.3 Å². The van der Waals surface area contributed by atoms with E-state index < -0.39 is 0 Å². The van der Waals surface area contributed by atoms with Gasteiger partial charge in [-0.05, 0) is 17.7 Å². The number of piperazine rings is 1. The highest BCUT2D eigenvalue weighted by Crippen LogP contribution is 2.40. The molecule has 9 heteroatoms. The number of benzene rings is 1. The lowest BCUT2D eigenvalue weighted by molar-refractivity contribution is 0.0945. The van der Waals surface area contributed by atoms with Gasteiger partial charge in [-0.15, -0.1) is 5.10 Å². The van der Waals surface area contributed by atoms with E-state index in [4.69, 9.17) is 11.6 Å². The number of thiazole rings is 1. The van der Waals surface area contributed by atoms with E-state index in [-0.39, 0.29) is 18.5 Å². The van der Waals surface area contributed by atoms with Crippen LogP contribution in [-0.2, 0) is 6.42 Å². The van der Waals surface area contributed by atoms with E-state index in [9.17, 15) is 10.2 Å². The van der Waals surface area contributed by atoms with Crippen LogP contribution in [0.1, 0.15) is 29.2 Å². The Hall–Kier alpha value is -1.71. The molecule has 2 aromatic heterocycles. The van der Waals surface area contributed by atoms with Crippen molar-refractivity contribution in [2.24, 2.45) is 0 Å². The van der Waals surface area contributed by atoms with E-state index in [2.05, 4.69) is 19.9 Å². The third-order valence-electron chi connectivity index (χ3n) is 5.18. The number of aliphatic hydroxyl groups is 1. The molecule has 1 atom stereocenters. The smallest absolute Gasteiger partial charge is 0.230 e. The Labute approximate surface area is 172 Å². The number of fused-ring (bicyclic) bond motifs is 1. The first kappa shape index (κ1) is 19.6. The number of aromatic nitrogens is 3.